The zero-order valence-corrected chi connectivity index (χ0v) is 15.6. The summed E-state index contributed by atoms with van der Waals surface area (Å²) in [4.78, 5) is 4.56. The van der Waals surface area contributed by atoms with Crippen LogP contribution in [0, 0.1) is 5.82 Å². The fraction of sp³-hybridized carbons (Fsp3) is 0.158. The summed E-state index contributed by atoms with van der Waals surface area (Å²) in [7, 11) is 0. The molecule has 0 radical (unpaired) electrons. The minimum atomic E-state index is -0.302. The number of aromatic nitrogens is 3. The number of nitrogens with one attached hydrogen (secondary N) is 1. The molecule has 0 aliphatic rings. The van der Waals surface area contributed by atoms with E-state index in [-0.39, 0.29) is 5.82 Å². The Morgan fingerprint density at radius 2 is 2.12 bits per heavy atom. The van der Waals surface area contributed by atoms with E-state index < -0.39 is 0 Å². The summed E-state index contributed by atoms with van der Waals surface area (Å²) in [6, 6.07) is 8.43. The lowest BCUT2D eigenvalue weighted by Crippen LogP contribution is -2.09. The first kappa shape index (κ1) is 17.4. The first-order valence-electron chi connectivity index (χ1n) is 7.95. The van der Waals surface area contributed by atoms with Crippen molar-refractivity contribution in [3.8, 4) is 11.3 Å². The Balaban J connectivity index is 2.06. The lowest BCUT2D eigenvalue weighted by Gasteiger charge is -2.12. The average molecular weight is 401 g/mol. The quantitative estimate of drug-likeness (QED) is 0.596. The summed E-state index contributed by atoms with van der Waals surface area (Å²) < 4.78 is 16.7. The Labute approximate surface area is 154 Å². The van der Waals surface area contributed by atoms with Gasteiger partial charge in [-0.1, -0.05) is 30.4 Å². The monoisotopic (exact) mass is 400 g/mol. The van der Waals surface area contributed by atoms with Gasteiger partial charge in [0.25, 0.3) is 0 Å². The highest BCUT2D eigenvalue weighted by molar-refractivity contribution is 9.10. The van der Waals surface area contributed by atoms with Gasteiger partial charge in [0.05, 0.1) is 16.4 Å². The second-order valence-corrected chi connectivity index (χ2v) is 6.31. The van der Waals surface area contributed by atoms with E-state index in [9.17, 15) is 4.39 Å². The fourth-order valence-corrected chi connectivity index (χ4v) is 2.88. The van der Waals surface area contributed by atoms with Crippen molar-refractivity contribution in [1.82, 2.24) is 14.6 Å². The number of hydrogen-bond donors (Lipinski definition) is 1. The molecule has 0 saturated carbocycles. The maximum absolute atomic E-state index is 14.2. The molecule has 2 heterocycles. The fourth-order valence-electron chi connectivity index (χ4n) is 2.53. The molecule has 0 aliphatic carbocycles. The highest BCUT2D eigenvalue weighted by Gasteiger charge is 2.13. The second-order valence-electron chi connectivity index (χ2n) is 5.45. The molecule has 128 valence electrons. The summed E-state index contributed by atoms with van der Waals surface area (Å²) in [6.07, 6.45) is 7.76. The van der Waals surface area contributed by atoms with Crippen LogP contribution in [0.1, 0.15) is 13.8 Å². The van der Waals surface area contributed by atoms with Crippen molar-refractivity contribution in [2.75, 3.05) is 11.9 Å². The molecular weight excluding hydrogens is 383 g/mol. The Morgan fingerprint density at radius 1 is 1.32 bits per heavy atom. The SMILES string of the molecule is C/C=C\C(=C/C)CNc1cc(-c2ccccc2F)nc2c(Br)cnn12. The third kappa shape index (κ3) is 3.64. The Morgan fingerprint density at radius 3 is 2.84 bits per heavy atom. The molecule has 0 spiro atoms. The number of benzene rings is 1. The predicted molar refractivity (Wildman–Crippen MR) is 103 cm³/mol. The third-order valence-electron chi connectivity index (χ3n) is 3.80. The van der Waals surface area contributed by atoms with Crippen LogP contribution in [0.2, 0.25) is 0 Å². The largest absolute Gasteiger partial charge is 0.366 e. The van der Waals surface area contributed by atoms with Crippen LogP contribution >= 0.6 is 15.9 Å². The average Bonchev–Trinajstić information content (AvgIpc) is 3.00. The van der Waals surface area contributed by atoms with Gasteiger partial charge in [0, 0.05) is 18.2 Å². The van der Waals surface area contributed by atoms with Gasteiger partial charge in [-0.05, 0) is 47.5 Å². The third-order valence-corrected chi connectivity index (χ3v) is 4.36. The van der Waals surface area contributed by atoms with E-state index in [0.29, 0.717) is 23.4 Å². The molecular formula is C19H18BrFN4. The van der Waals surface area contributed by atoms with Crippen LogP contribution in [0.4, 0.5) is 10.2 Å². The Bertz CT molecular complexity index is 959. The summed E-state index contributed by atoms with van der Waals surface area (Å²) in [5.74, 6) is 0.446. The molecule has 0 atom stereocenters. The molecule has 0 amide bonds. The van der Waals surface area contributed by atoms with Crippen molar-refractivity contribution < 1.29 is 4.39 Å². The summed E-state index contributed by atoms with van der Waals surface area (Å²) in [5.41, 5.74) is 2.80. The molecule has 3 aromatic rings. The van der Waals surface area contributed by atoms with Gasteiger partial charge in [0.1, 0.15) is 11.6 Å². The zero-order valence-electron chi connectivity index (χ0n) is 14.0. The topological polar surface area (TPSA) is 42.2 Å². The van der Waals surface area contributed by atoms with Crippen molar-refractivity contribution in [3.05, 3.63) is 70.6 Å². The van der Waals surface area contributed by atoms with E-state index in [1.54, 1.807) is 28.9 Å². The first-order chi connectivity index (χ1) is 12.1. The van der Waals surface area contributed by atoms with Crippen LogP contribution in [-0.2, 0) is 0 Å². The normalized spacial score (nSPS) is 12.2. The standard InChI is InChI=1S/C19H18BrFN4/c1-3-7-13(4-2)11-22-18-10-17(14-8-5-6-9-16(14)21)24-19-15(20)12-23-25(18)19/h3-10,12,22H,11H2,1-2H3/b7-3-,13-4+. The van der Waals surface area contributed by atoms with Crippen molar-refractivity contribution in [2.45, 2.75) is 13.8 Å². The van der Waals surface area contributed by atoms with Gasteiger partial charge in [-0.2, -0.15) is 9.61 Å². The highest BCUT2D eigenvalue weighted by Crippen LogP contribution is 2.27. The molecule has 0 fully saturated rings. The molecule has 3 rings (SSSR count). The zero-order chi connectivity index (χ0) is 17.8. The van der Waals surface area contributed by atoms with E-state index >= 15 is 0 Å². The van der Waals surface area contributed by atoms with E-state index in [1.165, 1.54) is 6.07 Å². The van der Waals surface area contributed by atoms with Gasteiger partial charge in [0.2, 0.25) is 0 Å². The van der Waals surface area contributed by atoms with Gasteiger partial charge in [-0.25, -0.2) is 9.37 Å². The Kier molecular flexibility index (Phi) is 5.28. The number of halogens is 2. The van der Waals surface area contributed by atoms with E-state index in [4.69, 9.17) is 0 Å². The van der Waals surface area contributed by atoms with Gasteiger partial charge in [-0.15, -0.1) is 0 Å². The lowest BCUT2D eigenvalue weighted by atomic mass is 10.1. The number of anilines is 1. The van der Waals surface area contributed by atoms with Crippen molar-refractivity contribution in [1.29, 1.82) is 0 Å². The van der Waals surface area contributed by atoms with Gasteiger partial charge in [0.15, 0.2) is 5.65 Å². The van der Waals surface area contributed by atoms with Crippen LogP contribution in [0.5, 0.6) is 0 Å². The number of rotatable bonds is 5. The lowest BCUT2D eigenvalue weighted by molar-refractivity contribution is 0.630. The van der Waals surface area contributed by atoms with Crippen molar-refractivity contribution in [2.24, 2.45) is 0 Å². The molecule has 1 N–H and O–H groups in total. The smallest absolute Gasteiger partial charge is 0.172 e. The molecule has 2 aromatic heterocycles. The maximum atomic E-state index is 14.2. The van der Waals surface area contributed by atoms with Gasteiger partial charge in [-0.3, -0.25) is 0 Å². The van der Waals surface area contributed by atoms with Crippen LogP contribution in [0.3, 0.4) is 0 Å². The molecule has 0 aliphatic heterocycles. The molecule has 25 heavy (non-hydrogen) atoms. The number of fused-ring (bicyclic) bond motifs is 1. The first-order valence-corrected chi connectivity index (χ1v) is 8.74. The van der Waals surface area contributed by atoms with Crippen LogP contribution in [0.15, 0.2) is 64.8 Å². The minimum absolute atomic E-state index is 0.302. The number of hydrogen-bond acceptors (Lipinski definition) is 3. The van der Waals surface area contributed by atoms with Crippen LogP contribution in [-0.4, -0.2) is 21.1 Å². The highest BCUT2D eigenvalue weighted by atomic mass is 79.9. The number of nitrogens with zero attached hydrogens (tertiary/aromatic N) is 3. The molecule has 0 bridgehead atoms. The summed E-state index contributed by atoms with van der Waals surface area (Å²) in [6.45, 7) is 4.61. The minimum Gasteiger partial charge on any atom is -0.366 e. The van der Waals surface area contributed by atoms with Crippen molar-refractivity contribution in [3.63, 3.8) is 0 Å². The van der Waals surface area contributed by atoms with Crippen molar-refractivity contribution >= 4 is 27.4 Å². The van der Waals surface area contributed by atoms with E-state index in [0.717, 1.165) is 15.9 Å². The molecule has 0 unspecified atom stereocenters. The summed E-state index contributed by atoms with van der Waals surface area (Å²) >= 11 is 3.45. The summed E-state index contributed by atoms with van der Waals surface area (Å²) in [5, 5.41) is 7.70. The van der Waals surface area contributed by atoms with Crippen LogP contribution < -0.4 is 5.32 Å². The van der Waals surface area contributed by atoms with Gasteiger partial charge < -0.3 is 5.32 Å². The molecule has 0 saturated heterocycles. The molecule has 6 heteroatoms. The predicted octanol–water partition coefficient (Wildman–Crippen LogP) is 5.23. The van der Waals surface area contributed by atoms with Gasteiger partial charge >= 0.3 is 0 Å². The molecule has 4 nitrogen and oxygen atoms in total. The van der Waals surface area contributed by atoms with E-state index in [2.05, 4.69) is 31.3 Å². The van der Waals surface area contributed by atoms with Crippen LogP contribution in [0.25, 0.3) is 16.9 Å². The number of allylic oxidation sites excluding steroid dienone is 2. The maximum Gasteiger partial charge on any atom is 0.172 e. The van der Waals surface area contributed by atoms with E-state index in [1.807, 2.05) is 38.1 Å². The molecule has 1 aromatic carbocycles. The Hall–Kier alpha value is -2.47. The second kappa shape index (κ2) is 7.61.